The summed E-state index contributed by atoms with van der Waals surface area (Å²) in [6.07, 6.45) is 5.69. The van der Waals surface area contributed by atoms with Crippen molar-refractivity contribution < 1.29 is 9.47 Å². The van der Waals surface area contributed by atoms with Gasteiger partial charge < -0.3 is 0 Å². The Morgan fingerprint density at radius 3 is 1.80 bits per heavy atom. The summed E-state index contributed by atoms with van der Waals surface area (Å²) in [5, 5.41) is 0. The molecule has 4 nitrogen and oxygen atoms in total. The first-order valence-electron chi connectivity index (χ1n) is 7.98. The molecule has 0 amide bonds. The van der Waals surface area contributed by atoms with Gasteiger partial charge >= 0.3 is 162 Å². The molecule has 0 unspecified atom stereocenters. The molecule has 25 heavy (non-hydrogen) atoms. The zero-order valence-electron chi connectivity index (χ0n) is 15.7. The SMILES string of the molecule is COc1c(C=C2C=C([Se]C(C)(C)C)OC([Se]C(C)(C)C)=C2)c(=O)c1=O. The molecule has 1 aliphatic rings. The zero-order chi connectivity index (χ0) is 19.0. The Labute approximate surface area is 161 Å². The van der Waals surface area contributed by atoms with Crippen LogP contribution < -0.4 is 15.6 Å². The fourth-order valence-corrected chi connectivity index (χ4v) is 6.32. The third-order valence-electron chi connectivity index (χ3n) is 3.00. The van der Waals surface area contributed by atoms with Crippen LogP contribution in [0.1, 0.15) is 47.1 Å². The molecule has 1 heterocycles. The average molecular weight is 474 g/mol. The first-order chi connectivity index (χ1) is 11.4. The summed E-state index contributed by atoms with van der Waals surface area (Å²) in [7, 11) is 1.41. The monoisotopic (exact) mass is 476 g/mol. The number of methoxy groups -OCH3 is 1. The standard InChI is InChI=1S/C19H24O4Se2/c1-18(2,3)24-13-9-11(10-14(23-13)25-19(4,5)6)8-12-15(20)16(21)17(12)22-7/h8-10H,1-7H3. The van der Waals surface area contributed by atoms with Crippen LogP contribution >= 0.6 is 0 Å². The molecule has 0 saturated heterocycles. The predicted octanol–water partition coefficient (Wildman–Crippen LogP) is 3.23. The van der Waals surface area contributed by atoms with Gasteiger partial charge in [-0.05, 0) is 0 Å². The third-order valence-corrected chi connectivity index (χ3v) is 7.26. The van der Waals surface area contributed by atoms with E-state index in [0.29, 0.717) is 5.56 Å². The second kappa shape index (κ2) is 7.28. The van der Waals surface area contributed by atoms with Crippen molar-refractivity contribution in [2.24, 2.45) is 0 Å². The Hall–Kier alpha value is -1.06. The number of allylic oxidation sites excluding steroid dienone is 3. The summed E-state index contributed by atoms with van der Waals surface area (Å²) in [6.45, 7) is 13.1. The molecule has 1 aromatic carbocycles. The van der Waals surface area contributed by atoms with E-state index >= 15 is 0 Å². The van der Waals surface area contributed by atoms with Crippen molar-refractivity contribution in [2.75, 3.05) is 7.11 Å². The molecule has 0 aromatic heterocycles. The van der Waals surface area contributed by atoms with E-state index in [1.54, 1.807) is 6.08 Å². The summed E-state index contributed by atoms with van der Waals surface area (Å²) < 4.78 is 13.4. The number of hydrogen-bond donors (Lipinski definition) is 0. The first-order valence-corrected chi connectivity index (χ1v) is 11.4. The van der Waals surface area contributed by atoms with Gasteiger partial charge in [-0.25, -0.2) is 0 Å². The predicted molar refractivity (Wildman–Crippen MR) is 104 cm³/mol. The van der Waals surface area contributed by atoms with Crippen molar-refractivity contribution in [3.63, 3.8) is 0 Å². The van der Waals surface area contributed by atoms with Gasteiger partial charge in [0.05, 0.1) is 0 Å². The molecule has 1 aromatic rings. The molecular weight excluding hydrogens is 450 g/mol. The normalized spacial score (nSPS) is 15.6. The molecule has 136 valence electrons. The first kappa shape index (κ1) is 20.3. The van der Waals surface area contributed by atoms with E-state index in [9.17, 15) is 9.59 Å². The summed E-state index contributed by atoms with van der Waals surface area (Å²) in [6, 6.07) is 0. The molecule has 2 rings (SSSR count). The van der Waals surface area contributed by atoms with Gasteiger partial charge in [-0.15, -0.1) is 0 Å². The van der Waals surface area contributed by atoms with Crippen molar-refractivity contribution in [1.82, 2.24) is 0 Å². The van der Waals surface area contributed by atoms with Gasteiger partial charge in [0.1, 0.15) is 0 Å². The number of ether oxygens (including phenoxy) is 2. The third kappa shape index (κ3) is 5.45. The van der Waals surface area contributed by atoms with Crippen LogP contribution in [-0.4, -0.2) is 37.0 Å². The van der Waals surface area contributed by atoms with E-state index in [0.717, 1.165) is 14.9 Å². The van der Waals surface area contributed by atoms with Crippen molar-refractivity contribution in [2.45, 2.75) is 50.2 Å². The molecule has 0 radical (unpaired) electrons. The van der Waals surface area contributed by atoms with Crippen LogP contribution in [0.2, 0.25) is 8.63 Å². The Kier molecular flexibility index (Phi) is 5.90. The van der Waals surface area contributed by atoms with Gasteiger partial charge in [0.15, 0.2) is 0 Å². The Morgan fingerprint density at radius 2 is 1.40 bits per heavy atom. The van der Waals surface area contributed by atoms with E-state index < -0.39 is 10.9 Å². The van der Waals surface area contributed by atoms with E-state index in [1.807, 2.05) is 12.2 Å². The number of rotatable bonds is 4. The summed E-state index contributed by atoms with van der Waals surface area (Å²) >= 11 is 0.328. The van der Waals surface area contributed by atoms with Crippen LogP contribution in [0.15, 0.2) is 36.6 Å². The van der Waals surface area contributed by atoms with Crippen LogP contribution in [0.4, 0.5) is 0 Å². The van der Waals surface area contributed by atoms with Gasteiger partial charge in [-0.1, -0.05) is 0 Å². The molecule has 0 N–H and O–H groups in total. The second-order valence-corrected chi connectivity index (χ2v) is 15.4. The number of hydrogen-bond acceptors (Lipinski definition) is 4. The topological polar surface area (TPSA) is 52.6 Å². The second-order valence-electron chi connectivity index (χ2n) is 7.71. The Bertz CT molecular complexity index is 789. The van der Waals surface area contributed by atoms with Crippen LogP contribution in [0.25, 0.3) is 6.08 Å². The Balaban J connectivity index is 2.42. The molecular formula is C19H24O4Se2. The average Bonchev–Trinajstić information content (AvgIpc) is 2.42. The molecule has 0 fully saturated rings. The van der Waals surface area contributed by atoms with E-state index in [2.05, 4.69) is 41.5 Å². The van der Waals surface area contributed by atoms with Crippen molar-refractivity contribution in [3.8, 4) is 5.75 Å². The molecule has 0 atom stereocenters. The maximum atomic E-state index is 11.8. The maximum absolute atomic E-state index is 11.8. The van der Waals surface area contributed by atoms with Gasteiger partial charge in [-0.3, -0.25) is 0 Å². The van der Waals surface area contributed by atoms with Gasteiger partial charge in [-0.2, -0.15) is 0 Å². The van der Waals surface area contributed by atoms with Crippen LogP contribution in [-0.2, 0) is 4.74 Å². The van der Waals surface area contributed by atoms with Crippen LogP contribution in [0, 0.1) is 0 Å². The zero-order valence-corrected chi connectivity index (χ0v) is 19.1. The molecule has 0 bridgehead atoms. The molecule has 0 spiro atoms. The summed E-state index contributed by atoms with van der Waals surface area (Å²) in [5.74, 6) is 0.150. The van der Waals surface area contributed by atoms with Crippen molar-refractivity contribution in [3.05, 3.63) is 53.1 Å². The van der Waals surface area contributed by atoms with E-state index in [4.69, 9.17) is 9.47 Å². The van der Waals surface area contributed by atoms with Gasteiger partial charge in [0.25, 0.3) is 0 Å². The minimum atomic E-state index is -0.548. The van der Waals surface area contributed by atoms with Gasteiger partial charge in [0.2, 0.25) is 0 Å². The quantitative estimate of drug-likeness (QED) is 0.497. The van der Waals surface area contributed by atoms with Crippen LogP contribution in [0.3, 0.4) is 0 Å². The minimum absolute atomic E-state index is 0.150. The summed E-state index contributed by atoms with van der Waals surface area (Å²) in [4.78, 5) is 23.4. The molecule has 0 saturated carbocycles. The fraction of sp³-hybridized carbons (Fsp3) is 0.474. The molecule has 1 aliphatic heterocycles. The summed E-state index contributed by atoms with van der Waals surface area (Å²) in [5.41, 5.74) is 0.206. The van der Waals surface area contributed by atoms with Crippen molar-refractivity contribution in [1.29, 1.82) is 0 Å². The molecule has 0 aliphatic carbocycles. The van der Waals surface area contributed by atoms with Gasteiger partial charge in [0, 0.05) is 0 Å². The van der Waals surface area contributed by atoms with Crippen molar-refractivity contribution >= 4 is 36.0 Å². The van der Waals surface area contributed by atoms with E-state index in [-0.39, 0.29) is 44.3 Å². The molecule has 6 heteroatoms. The van der Waals surface area contributed by atoms with E-state index in [1.165, 1.54) is 7.11 Å². The fourth-order valence-electron chi connectivity index (χ4n) is 2.15. The Morgan fingerprint density at radius 1 is 0.920 bits per heavy atom. The van der Waals surface area contributed by atoms with Crippen LogP contribution in [0.5, 0.6) is 5.75 Å².